The summed E-state index contributed by atoms with van der Waals surface area (Å²) in [7, 11) is 0. The average molecular weight is 290 g/mol. The molecule has 0 amide bonds. The first-order valence-electron chi connectivity index (χ1n) is 7.43. The average Bonchev–Trinajstić information content (AvgIpc) is 2.51. The van der Waals surface area contributed by atoms with Gasteiger partial charge in [0.1, 0.15) is 0 Å². The molecule has 2 aliphatic rings. The van der Waals surface area contributed by atoms with Gasteiger partial charge >= 0.3 is 0 Å². The van der Waals surface area contributed by atoms with Crippen molar-refractivity contribution < 1.29 is 28.8 Å². The number of ether oxygens (including phenoxy) is 5. The van der Waals surface area contributed by atoms with Gasteiger partial charge in [-0.25, -0.2) is 0 Å². The highest BCUT2D eigenvalue weighted by atomic mass is 16.9. The summed E-state index contributed by atoms with van der Waals surface area (Å²) < 4.78 is 28.2. The summed E-state index contributed by atoms with van der Waals surface area (Å²) in [4.78, 5) is 0. The van der Waals surface area contributed by atoms with Gasteiger partial charge in [-0.1, -0.05) is 20.8 Å². The van der Waals surface area contributed by atoms with E-state index in [-0.39, 0.29) is 5.41 Å². The van der Waals surface area contributed by atoms with Crippen LogP contribution in [0.1, 0.15) is 40.0 Å². The number of rotatable bonds is 5. The van der Waals surface area contributed by atoms with E-state index in [9.17, 15) is 5.11 Å². The maximum atomic E-state index is 9.91. The molecule has 0 radical (unpaired) electrons. The van der Waals surface area contributed by atoms with Crippen molar-refractivity contribution in [3.8, 4) is 0 Å². The molecule has 6 heteroatoms. The van der Waals surface area contributed by atoms with E-state index < -0.39 is 11.9 Å². The standard InChI is InChI=1S/C14H26O6/c1-4-7-16-14(6-3)19-10-12(11-20-14)8-17-13(15,5-2)18-9-12/h15H,4-11H2,1-3H3. The van der Waals surface area contributed by atoms with E-state index in [0.29, 0.717) is 45.9 Å². The topological polar surface area (TPSA) is 66.4 Å². The molecule has 0 saturated carbocycles. The lowest BCUT2D eigenvalue weighted by atomic mass is 9.90. The normalized spacial score (nSPS) is 42.0. The van der Waals surface area contributed by atoms with Gasteiger partial charge in [-0.15, -0.1) is 0 Å². The van der Waals surface area contributed by atoms with Crippen LogP contribution in [0, 0.1) is 5.41 Å². The molecule has 0 aliphatic carbocycles. The predicted molar refractivity (Wildman–Crippen MR) is 70.7 cm³/mol. The second-order valence-corrected chi connectivity index (χ2v) is 5.61. The van der Waals surface area contributed by atoms with Gasteiger partial charge in [0.05, 0.1) is 38.4 Å². The quantitative estimate of drug-likeness (QED) is 0.830. The lowest BCUT2D eigenvalue weighted by Crippen LogP contribution is -2.59. The summed E-state index contributed by atoms with van der Waals surface area (Å²) in [5, 5.41) is 9.91. The monoisotopic (exact) mass is 290 g/mol. The minimum absolute atomic E-state index is 0.352. The molecular weight excluding hydrogens is 264 g/mol. The zero-order valence-electron chi connectivity index (χ0n) is 12.6. The fourth-order valence-electron chi connectivity index (χ4n) is 2.24. The Labute approximate surface area is 120 Å². The van der Waals surface area contributed by atoms with Crippen LogP contribution in [0.4, 0.5) is 0 Å². The molecule has 2 fully saturated rings. The highest BCUT2D eigenvalue weighted by molar-refractivity contribution is 4.86. The van der Waals surface area contributed by atoms with E-state index >= 15 is 0 Å². The molecule has 0 atom stereocenters. The van der Waals surface area contributed by atoms with Gasteiger partial charge in [0.25, 0.3) is 11.9 Å². The molecule has 2 saturated heterocycles. The fourth-order valence-corrected chi connectivity index (χ4v) is 2.24. The van der Waals surface area contributed by atoms with E-state index in [1.807, 2.05) is 20.8 Å². The van der Waals surface area contributed by atoms with Gasteiger partial charge in [0, 0.05) is 12.8 Å². The predicted octanol–water partition coefficient (Wildman–Crippen LogP) is 1.61. The van der Waals surface area contributed by atoms with Crippen LogP contribution in [-0.4, -0.2) is 50.1 Å². The third kappa shape index (κ3) is 3.32. The summed E-state index contributed by atoms with van der Waals surface area (Å²) in [5.41, 5.74) is -0.365. The van der Waals surface area contributed by atoms with Crippen molar-refractivity contribution in [1.82, 2.24) is 0 Å². The molecule has 1 spiro atoms. The first-order valence-corrected chi connectivity index (χ1v) is 7.43. The first-order chi connectivity index (χ1) is 9.51. The molecule has 2 aliphatic heterocycles. The molecule has 0 aromatic rings. The number of hydrogen-bond acceptors (Lipinski definition) is 6. The third-order valence-electron chi connectivity index (χ3n) is 3.81. The van der Waals surface area contributed by atoms with Crippen molar-refractivity contribution in [3.63, 3.8) is 0 Å². The van der Waals surface area contributed by atoms with E-state index in [0.717, 1.165) is 6.42 Å². The van der Waals surface area contributed by atoms with Gasteiger partial charge < -0.3 is 28.8 Å². The zero-order valence-corrected chi connectivity index (χ0v) is 12.6. The second kappa shape index (κ2) is 6.25. The molecule has 6 nitrogen and oxygen atoms in total. The van der Waals surface area contributed by atoms with Crippen LogP contribution in [0.5, 0.6) is 0 Å². The van der Waals surface area contributed by atoms with Gasteiger partial charge in [-0.3, -0.25) is 0 Å². The molecule has 0 aromatic heterocycles. The van der Waals surface area contributed by atoms with Crippen LogP contribution in [0.25, 0.3) is 0 Å². The molecule has 118 valence electrons. The largest absolute Gasteiger partial charge is 0.343 e. The Kier molecular flexibility index (Phi) is 5.05. The van der Waals surface area contributed by atoms with Crippen molar-refractivity contribution in [2.24, 2.45) is 5.41 Å². The van der Waals surface area contributed by atoms with Gasteiger partial charge in [-0.2, -0.15) is 0 Å². The smallest absolute Gasteiger partial charge is 0.282 e. The molecule has 0 aromatic carbocycles. The maximum absolute atomic E-state index is 9.91. The van der Waals surface area contributed by atoms with E-state index in [1.54, 1.807) is 0 Å². The molecule has 1 N–H and O–H groups in total. The summed E-state index contributed by atoms with van der Waals surface area (Å²) in [6.45, 7) is 8.00. The van der Waals surface area contributed by atoms with Crippen molar-refractivity contribution in [3.05, 3.63) is 0 Å². The van der Waals surface area contributed by atoms with Crippen molar-refractivity contribution in [2.75, 3.05) is 33.0 Å². The Hall–Kier alpha value is -0.240. The van der Waals surface area contributed by atoms with Gasteiger partial charge in [0.15, 0.2) is 0 Å². The van der Waals surface area contributed by atoms with E-state index in [2.05, 4.69) is 0 Å². The van der Waals surface area contributed by atoms with Crippen LogP contribution in [-0.2, 0) is 23.7 Å². The summed E-state index contributed by atoms with van der Waals surface area (Å²) in [6, 6.07) is 0. The molecule has 0 unspecified atom stereocenters. The first kappa shape index (κ1) is 16.1. The highest BCUT2D eigenvalue weighted by Crippen LogP contribution is 2.38. The minimum Gasteiger partial charge on any atom is -0.343 e. The Balaban J connectivity index is 1.90. The van der Waals surface area contributed by atoms with Crippen molar-refractivity contribution in [2.45, 2.75) is 52.0 Å². The van der Waals surface area contributed by atoms with Crippen LogP contribution in [0.3, 0.4) is 0 Å². The summed E-state index contributed by atoms with van der Waals surface area (Å²) >= 11 is 0. The number of aliphatic hydroxyl groups is 1. The third-order valence-corrected chi connectivity index (χ3v) is 3.81. The van der Waals surface area contributed by atoms with E-state index in [4.69, 9.17) is 23.7 Å². The zero-order chi connectivity index (χ0) is 14.7. The molecular formula is C14H26O6. The lowest BCUT2D eigenvalue weighted by molar-refractivity contribution is -0.459. The molecule has 0 bridgehead atoms. The van der Waals surface area contributed by atoms with Gasteiger partial charge in [0.2, 0.25) is 0 Å². The fraction of sp³-hybridized carbons (Fsp3) is 1.00. The Morgan fingerprint density at radius 2 is 1.45 bits per heavy atom. The number of hydrogen-bond donors (Lipinski definition) is 1. The SMILES string of the molecule is CCCOC1(CC)OCC2(COC(O)(CC)OC2)CO1. The molecule has 2 rings (SSSR count). The highest BCUT2D eigenvalue weighted by Gasteiger charge is 2.50. The Morgan fingerprint density at radius 3 is 1.90 bits per heavy atom. The van der Waals surface area contributed by atoms with E-state index in [1.165, 1.54) is 0 Å². The molecule has 20 heavy (non-hydrogen) atoms. The summed E-state index contributed by atoms with van der Waals surface area (Å²) in [5.74, 6) is -2.41. The van der Waals surface area contributed by atoms with Crippen LogP contribution in [0.2, 0.25) is 0 Å². The lowest BCUT2D eigenvalue weighted by Gasteiger charge is -2.48. The van der Waals surface area contributed by atoms with Crippen molar-refractivity contribution in [1.29, 1.82) is 0 Å². The summed E-state index contributed by atoms with van der Waals surface area (Å²) in [6.07, 6.45) is 1.93. The maximum Gasteiger partial charge on any atom is 0.282 e. The van der Waals surface area contributed by atoms with Crippen LogP contribution in [0.15, 0.2) is 0 Å². The molecule has 2 heterocycles. The van der Waals surface area contributed by atoms with Crippen LogP contribution >= 0.6 is 0 Å². The second-order valence-electron chi connectivity index (χ2n) is 5.61. The van der Waals surface area contributed by atoms with Gasteiger partial charge in [-0.05, 0) is 6.42 Å². The Bertz CT molecular complexity index is 301. The van der Waals surface area contributed by atoms with Crippen molar-refractivity contribution >= 4 is 0 Å². The van der Waals surface area contributed by atoms with Crippen LogP contribution < -0.4 is 0 Å². The Morgan fingerprint density at radius 1 is 0.900 bits per heavy atom. The minimum atomic E-state index is -1.47.